The van der Waals surface area contributed by atoms with Crippen LogP contribution < -0.4 is 20.2 Å². The van der Waals surface area contributed by atoms with E-state index in [4.69, 9.17) is 21.7 Å². The molecule has 0 saturated heterocycles. The van der Waals surface area contributed by atoms with Crippen LogP contribution in [0.25, 0.3) is 10.8 Å². The van der Waals surface area contributed by atoms with E-state index in [1.807, 2.05) is 30.3 Å². The summed E-state index contributed by atoms with van der Waals surface area (Å²) in [7, 11) is 1.56. The molecule has 0 fully saturated rings. The van der Waals surface area contributed by atoms with Crippen LogP contribution in [0.3, 0.4) is 0 Å². The molecule has 2 N–H and O–H groups in total. The van der Waals surface area contributed by atoms with Crippen molar-refractivity contribution in [1.29, 1.82) is 0 Å². The molecular formula is C26H20FN3O3S. The number of benzene rings is 4. The summed E-state index contributed by atoms with van der Waals surface area (Å²) in [6.07, 6.45) is 1.54. The number of nitrogens with zero attached hydrogens (tertiary/aromatic N) is 1. The van der Waals surface area contributed by atoms with E-state index >= 15 is 0 Å². The number of hydrogen-bond donors (Lipinski definition) is 2. The fraction of sp³-hybridized carbons (Fsp3) is 0.0385. The molecule has 0 spiro atoms. The second-order valence-corrected chi connectivity index (χ2v) is 7.56. The number of anilines is 1. The van der Waals surface area contributed by atoms with E-state index in [0.29, 0.717) is 28.3 Å². The average Bonchev–Trinajstić information content (AvgIpc) is 2.86. The largest absolute Gasteiger partial charge is 0.497 e. The molecule has 6 nitrogen and oxygen atoms in total. The number of hydrazone groups is 1. The predicted octanol–water partition coefficient (Wildman–Crippen LogP) is 5.53. The van der Waals surface area contributed by atoms with Gasteiger partial charge in [-0.25, -0.2) is 9.18 Å². The van der Waals surface area contributed by atoms with Gasteiger partial charge in [-0.05, 0) is 77.6 Å². The van der Waals surface area contributed by atoms with Crippen molar-refractivity contribution in [2.24, 2.45) is 5.10 Å². The standard InChI is InChI=1S/C26H20FN3O3S/c1-32-21-13-6-18(7-14-21)25(31)33-24-15-8-17-4-2-3-5-22(17)23(24)16-28-30-26(34)29-20-11-9-19(27)10-12-20/h2-16H,1H3,(H2,29,30,34). The molecule has 170 valence electrons. The van der Waals surface area contributed by atoms with Gasteiger partial charge in [0.25, 0.3) is 0 Å². The summed E-state index contributed by atoms with van der Waals surface area (Å²) in [5, 5.41) is 9.16. The molecule has 0 aliphatic heterocycles. The van der Waals surface area contributed by atoms with E-state index in [-0.39, 0.29) is 10.9 Å². The van der Waals surface area contributed by atoms with E-state index in [0.717, 1.165) is 10.8 Å². The van der Waals surface area contributed by atoms with Crippen molar-refractivity contribution in [3.8, 4) is 11.5 Å². The number of rotatable bonds is 6. The fourth-order valence-corrected chi connectivity index (χ4v) is 3.40. The molecule has 0 aromatic heterocycles. The first-order chi connectivity index (χ1) is 16.5. The lowest BCUT2D eigenvalue weighted by molar-refractivity contribution is 0.0734. The number of hydrogen-bond acceptors (Lipinski definition) is 5. The van der Waals surface area contributed by atoms with Crippen LogP contribution in [0.2, 0.25) is 0 Å². The molecule has 0 heterocycles. The molecule has 0 unspecified atom stereocenters. The van der Waals surface area contributed by atoms with E-state index in [2.05, 4.69) is 15.8 Å². The van der Waals surface area contributed by atoms with E-state index < -0.39 is 5.97 Å². The molecule has 0 aliphatic rings. The maximum absolute atomic E-state index is 13.1. The lowest BCUT2D eigenvalue weighted by Gasteiger charge is -2.11. The Labute approximate surface area is 201 Å². The highest BCUT2D eigenvalue weighted by Gasteiger charge is 2.14. The second-order valence-electron chi connectivity index (χ2n) is 7.15. The van der Waals surface area contributed by atoms with Crippen molar-refractivity contribution in [3.63, 3.8) is 0 Å². The molecule has 4 aromatic carbocycles. The van der Waals surface area contributed by atoms with Crippen LogP contribution in [-0.2, 0) is 0 Å². The zero-order valence-electron chi connectivity index (χ0n) is 18.1. The minimum atomic E-state index is -0.506. The summed E-state index contributed by atoms with van der Waals surface area (Å²) >= 11 is 5.24. The Kier molecular flexibility index (Phi) is 7.10. The molecule has 34 heavy (non-hydrogen) atoms. The van der Waals surface area contributed by atoms with Gasteiger partial charge < -0.3 is 14.8 Å². The molecule has 0 radical (unpaired) electrons. The number of methoxy groups -OCH3 is 1. The van der Waals surface area contributed by atoms with Crippen LogP contribution in [0.15, 0.2) is 90.0 Å². The summed E-state index contributed by atoms with van der Waals surface area (Å²) in [5.41, 5.74) is 4.34. The number of halogens is 1. The minimum Gasteiger partial charge on any atom is -0.497 e. The molecule has 8 heteroatoms. The molecule has 0 aliphatic carbocycles. The fourth-order valence-electron chi connectivity index (χ4n) is 3.23. The van der Waals surface area contributed by atoms with Crippen LogP contribution in [0.1, 0.15) is 15.9 Å². The summed E-state index contributed by atoms with van der Waals surface area (Å²) < 4.78 is 23.9. The maximum atomic E-state index is 13.1. The Hall–Kier alpha value is -4.30. The summed E-state index contributed by atoms with van der Waals surface area (Å²) in [5.74, 6) is 0.151. The number of carbonyl (C=O) groups is 1. The summed E-state index contributed by atoms with van der Waals surface area (Å²) in [4.78, 5) is 12.7. The number of esters is 1. The molecule has 4 aromatic rings. The first-order valence-corrected chi connectivity index (χ1v) is 10.7. The van der Waals surface area contributed by atoms with Crippen molar-refractivity contribution in [2.75, 3.05) is 12.4 Å². The van der Waals surface area contributed by atoms with Gasteiger partial charge in [-0.3, -0.25) is 5.43 Å². The quantitative estimate of drug-likeness (QED) is 0.126. The zero-order valence-corrected chi connectivity index (χ0v) is 18.9. The second kappa shape index (κ2) is 10.5. The Morgan fingerprint density at radius 3 is 2.44 bits per heavy atom. The van der Waals surface area contributed by atoms with Crippen LogP contribution >= 0.6 is 12.2 Å². The molecule has 0 atom stereocenters. The summed E-state index contributed by atoms with van der Waals surface area (Å²) in [6, 6.07) is 23.7. The van der Waals surface area contributed by atoms with E-state index in [9.17, 15) is 9.18 Å². The Balaban J connectivity index is 1.55. The number of thiocarbonyl (C=S) groups is 1. The first kappa shape index (κ1) is 22.9. The molecular weight excluding hydrogens is 453 g/mol. The molecule has 0 bridgehead atoms. The monoisotopic (exact) mass is 473 g/mol. The molecule has 0 saturated carbocycles. The SMILES string of the molecule is COc1ccc(C(=O)Oc2ccc3ccccc3c2C=NNC(=S)Nc2ccc(F)cc2)cc1. The number of ether oxygens (including phenoxy) is 2. The highest BCUT2D eigenvalue weighted by atomic mass is 32.1. The predicted molar refractivity (Wildman–Crippen MR) is 135 cm³/mol. The van der Waals surface area contributed by atoms with Crippen molar-refractivity contribution in [3.05, 3.63) is 102 Å². The van der Waals surface area contributed by atoms with Crippen LogP contribution in [0.4, 0.5) is 10.1 Å². The third-order valence-electron chi connectivity index (χ3n) is 4.92. The zero-order chi connectivity index (χ0) is 23.9. The van der Waals surface area contributed by atoms with Gasteiger partial charge in [0.15, 0.2) is 5.11 Å². The van der Waals surface area contributed by atoms with Gasteiger partial charge in [-0.1, -0.05) is 30.3 Å². The number of carbonyl (C=O) groups excluding carboxylic acids is 1. The van der Waals surface area contributed by atoms with Crippen molar-refractivity contribution in [2.45, 2.75) is 0 Å². The van der Waals surface area contributed by atoms with Gasteiger partial charge in [0.05, 0.1) is 18.9 Å². The third kappa shape index (κ3) is 5.54. The first-order valence-electron chi connectivity index (χ1n) is 10.3. The lowest BCUT2D eigenvalue weighted by atomic mass is 10.0. The normalized spacial score (nSPS) is 10.8. The van der Waals surface area contributed by atoms with E-state index in [1.165, 1.54) is 18.3 Å². The van der Waals surface area contributed by atoms with Gasteiger partial charge in [0.1, 0.15) is 17.3 Å². The van der Waals surface area contributed by atoms with Gasteiger partial charge in [0, 0.05) is 11.3 Å². The number of fused-ring (bicyclic) bond motifs is 1. The Morgan fingerprint density at radius 1 is 0.971 bits per heavy atom. The van der Waals surface area contributed by atoms with Crippen molar-refractivity contribution in [1.82, 2.24) is 5.43 Å². The van der Waals surface area contributed by atoms with E-state index in [1.54, 1.807) is 49.6 Å². The van der Waals surface area contributed by atoms with Crippen LogP contribution in [0, 0.1) is 5.82 Å². The average molecular weight is 474 g/mol. The summed E-state index contributed by atoms with van der Waals surface area (Å²) in [6.45, 7) is 0. The number of nitrogens with one attached hydrogen (secondary N) is 2. The van der Waals surface area contributed by atoms with Crippen molar-refractivity contribution >= 4 is 46.0 Å². The molecule has 0 amide bonds. The van der Waals surface area contributed by atoms with Gasteiger partial charge in [-0.2, -0.15) is 5.10 Å². The minimum absolute atomic E-state index is 0.222. The van der Waals surface area contributed by atoms with Crippen LogP contribution in [-0.4, -0.2) is 24.4 Å². The smallest absolute Gasteiger partial charge is 0.343 e. The van der Waals surface area contributed by atoms with Crippen molar-refractivity contribution < 1.29 is 18.7 Å². The molecule has 4 rings (SSSR count). The van der Waals surface area contributed by atoms with Gasteiger partial charge in [0.2, 0.25) is 0 Å². The van der Waals surface area contributed by atoms with Gasteiger partial charge in [-0.15, -0.1) is 0 Å². The lowest BCUT2D eigenvalue weighted by Crippen LogP contribution is -2.23. The Bertz CT molecular complexity index is 1360. The topological polar surface area (TPSA) is 72.0 Å². The Morgan fingerprint density at radius 2 is 1.71 bits per heavy atom. The van der Waals surface area contributed by atoms with Crippen LogP contribution in [0.5, 0.6) is 11.5 Å². The highest BCUT2D eigenvalue weighted by molar-refractivity contribution is 7.80. The maximum Gasteiger partial charge on any atom is 0.343 e. The van der Waals surface area contributed by atoms with Gasteiger partial charge >= 0.3 is 5.97 Å². The third-order valence-corrected chi connectivity index (χ3v) is 5.11. The highest BCUT2D eigenvalue weighted by Crippen LogP contribution is 2.27.